The van der Waals surface area contributed by atoms with Crippen molar-refractivity contribution < 1.29 is 15.0 Å². The van der Waals surface area contributed by atoms with Crippen LogP contribution >= 0.6 is 0 Å². The topological polar surface area (TPSA) is 64.0 Å². The van der Waals surface area contributed by atoms with Crippen LogP contribution in [0.1, 0.15) is 38.5 Å². The Kier molecular flexibility index (Phi) is 5.81. The van der Waals surface area contributed by atoms with E-state index in [1.54, 1.807) is 11.9 Å². The molecule has 0 bridgehead atoms. The van der Waals surface area contributed by atoms with Crippen LogP contribution in [-0.2, 0) is 4.79 Å². The van der Waals surface area contributed by atoms with Gasteiger partial charge in [0.05, 0.1) is 12.6 Å². The van der Waals surface area contributed by atoms with Gasteiger partial charge in [-0.3, -0.25) is 14.6 Å². The minimum atomic E-state index is -0.834. The van der Waals surface area contributed by atoms with Crippen LogP contribution in [0.2, 0.25) is 0 Å². The molecule has 5 heteroatoms. The Morgan fingerprint density at radius 3 is 2.65 bits per heavy atom. The summed E-state index contributed by atoms with van der Waals surface area (Å²) in [5.41, 5.74) is 0. The molecule has 1 saturated carbocycles. The first kappa shape index (κ1) is 15.7. The Bertz CT molecular complexity index is 318. The van der Waals surface area contributed by atoms with Crippen molar-refractivity contribution in [2.24, 2.45) is 5.92 Å². The van der Waals surface area contributed by atoms with Crippen LogP contribution in [0, 0.1) is 5.92 Å². The third-order valence-corrected chi connectivity index (χ3v) is 4.85. The summed E-state index contributed by atoms with van der Waals surface area (Å²) in [6.07, 6.45) is 7.67. The fourth-order valence-corrected chi connectivity index (χ4v) is 3.70. The highest BCUT2D eigenvalue weighted by atomic mass is 16.4. The zero-order chi connectivity index (χ0) is 14.5. The average molecular weight is 284 g/mol. The largest absolute Gasteiger partial charge is 0.480 e. The number of hydrogen-bond donors (Lipinski definition) is 2. The molecule has 0 spiro atoms. The fourth-order valence-electron chi connectivity index (χ4n) is 3.70. The van der Waals surface area contributed by atoms with Gasteiger partial charge < -0.3 is 10.2 Å². The van der Waals surface area contributed by atoms with Crippen molar-refractivity contribution in [3.05, 3.63) is 0 Å². The molecular weight excluding hydrogens is 256 g/mol. The number of nitrogens with zero attached hydrogens (tertiary/aromatic N) is 2. The number of carboxylic acids is 1. The normalized spacial score (nSPS) is 28.6. The van der Waals surface area contributed by atoms with E-state index in [2.05, 4.69) is 4.90 Å². The molecular formula is C15H28N2O3. The van der Waals surface area contributed by atoms with E-state index in [0.717, 1.165) is 19.0 Å². The van der Waals surface area contributed by atoms with Crippen molar-refractivity contribution >= 4 is 5.97 Å². The maximum Gasteiger partial charge on any atom is 0.317 e. The first-order valence-corrected chi connectivity index (χ1v) is 7.88. The van der Waals surface area contributed by atoms with E-state index < -0.39 is 12.1 Å². The molecule has 1 saturated heterocycles. The first-order chi connectivity index (χ1) is 9.56. The van der Waals surface area contributed by atoms with Gasteiger partial charge in [0.2, 0.25) is 0 Å². The summed E-state index contributed by atoms with van der Waals surface area (Å²) >= 11 is 0. The highest BCUT2D eigenvalue weighted by Crippen LogP contribution is 2.28. The SMILES string of the molecule is CN(CC(=O)O)C1CN(CCCC2CCCC2)C[C@H]1O. The second kappa shape index (κ2) is 7.38. The lowest BCUT2D eigenvalue weighted by Gasteiger charge is -2.24. The number of aliphatic hydroxyl groups excluding tert-OH is 1. The summed E-state index contributed by atoms with van der Waals surface area (Å²) in [6, 6.07) is -0.0439. The monoisotopic (exact) mass is 284 g/mol. The lowest BCUT2D eigenvalue weighted by molar-refractivity contribution is -0.138. The minimum Gasteiger partial charge on any atom is -0.480 e. The van der Waals surface area contributed by atoms with Crippen LogP contribution in [0.15, 0.2) is 0 Å². The van der Waals surface area contributed by atoms with Gasteiger partial charge in [0.1, 0.15) is 0 Å². The van der Waals surface area contributed by atoms with E-state index in [-0.39, 0.29) is 12.6 Å². The van der Waals surface area contributed by atoms with Gasteiger partial charge in [-0.25, -0.2) is 0 Å². The Balaban J connectivity index is 1.68. The molecule has 1 aliphatic heterocycles. The summed E-state index contributed by atoms with van der Waals surface area (Å²) in [5, 5.41) is 18.9. The molecule has 2 aliphatic rings. The number of rotatable bonds is 7. The van der Waals surface area contributed by atoms with Crippen LogP contribution in [0.5, 0.6) is 0 Å². The quantitative estimate of drug-likeness (QED) is 0.731. The second-order valence-electron chi connectivity index (χ2n) is 6.50. The zero-order valence-corrected chi connectivity index (χ0v) is 12.5. The maximum atomic E-state index is 10.7. The molecule has 2 N–H and O–H groups in total. The third-order valence-electron chi connectivity index (χ3n) is 4.85. The number of carbonyl (C=O) groups is 1. The maximum absolute atomic E-state index is 10.7. The van der Waals surface area contributed by atoms with Crippen molar-refractivity contribution in [1.82, 2.24) is 9.80 Å². The highest BCUT2D eigenvalue weighted by molar-refractivity contribution is 5.69. The molecule has 0 radical (unpaired) electrons. The molecule has 0 amide bonds. The van der Waals surface area contributed by atoms with E-state index >= 15 is 0 Å². The summed E-state index contributed by atoms with van der Waals surface area (Å²) in [6.45, 7) is 2.50. The van der Waals surface area contributed by atoms with Gasteiger partial charge in [0.25, 0.3) is 0 Å². The van der Waals surface area contributed by atoms with Crippen molar-refractivity contribution in [3.63, 3.8) is 0 Å². The van der Waals surface area contributed by atoms with Crippen LogP contribution < -0.4 is 0 Å². The van der Waals surface area contributed by atoms with Gasteiger partial charge in [-0.15, -0.1) is 0 Å². The molecule has 2 atom stereocenters. The number of β-amino-alcohol motifs (C(OH)–C–C–N with tert-alkyl or cyclic N) is 1. The second-order valence-corrected chi connectivity index (χ2v) is 6.50. The van der Waals surface area contributed by atoms with E-state index in [1.165, 1.54) is 38.5 Å². The Hall–Kier alpha value is -0.650. The summed E-state index contributed by atoms with van der Waals surface area (Å²) < 4.78 is 0. The lowest BCUT2D eigenvalue weighted by Crippen LogP contribution is -2.43. The van der Waals surface area contributed by atoms with Gasteiger partial charge in [-0.2, -0.15) is 0 Å². The predicted octanol–water partition coefficient (Wildman–Crippen LogP) is 1.02. The Labute approximate surface area is 121 Å². The molecule has 2 rings (SSSR count). The number of likely N-dealkylation sites (tertiary alicyclic amines) is 1. The van der Waals surface area contributed by atoms with Gasteiger partial charge in [-0.1, -0.05) is 25.7 Å². The van der Waals surface area contributed by atoms with Crippen molar-refractivity contribution in [2.45, 2.75) is 50.7 Å². The molecule has 1 aliphatic carbocycles. The molecule has 116 valence electrons. The standard InChI is InChI=1S/C15H28N2O3/c1-16(11-15(19)20)13-9-17(10-14(13)18)8-4-7-12-5-2-3-6-12/h12-14,18H,2-11H2,1H3,(H,19,20)/t13?,14-/m1/s1. The number of likely N-dealkylation sites (N-methyl/N-ethyl adjacent to an activating group) is 1. The van der Waals surface area contributed by atoms with Crippen molar-refractivity contribution in [1.29, 1.82) is 0 Å². The van der Waals surface area contributed by atoms with Crippen LogP contribution in [0.3, 0.4) is 0 Å². The van der Waals surface area contributed by atoms with Gasteiger partial charge in [0, 0.05) is 19.1 Å². The van der Waals surface area contributed by atoms with E-state index in [9.17, 15) is 9.90 Å². The number of aliphatic hydroxyl groups is 1. The first-order valence-electron chi connectivity index (χ1n) is 7.88. The molecule has 0 aromatic rings. The molecule has 5 nitrogen and oxygen atoms in total. The van der Waals surface area contributed by atoms with Gasteiger partial charge in [0.15, 0.2) is 0 Å². The third kappa shape index (κ3) is 4.43. The molecule has 1 unspecified atom stereocenters. The van der Waals surface area contributed by atoms with Gasteiger partial charge >= 0.3 is 5.97 Å². The van der Waals surface area contributed by atoms with Crippen LogP contribution in [-0.4, -0.2) is 71.4 Å². The number of carboxylic acid groups (broad SMARTS) is 1. The van der Waals surface area contributed by atoms with Crippen LogP contribution in [0.4, 0.5) is 0 Å². The van der Waals surface area contributed by atoms with E-state index in [1.807, 2.05) is 0 Å². The molecule has 20 heavy (non-hydrogen) atoms. The molecule has 0 aromatic carbocycles. The summed E-state index contributed by atoms with van der Waals surface area (Å²) in [4.78, 5) is 14.8. The van der Waals surface area contributed by atoms with Crippen molar-refractivity contribution in [2.75, 3.05) is 33.2 Å². The fraction of sp³-hybridized carbons (Fsp3) is 0.933. The summed E-state index contributed by atoms with van der Waals surface area (Å²) in [7, 11) is 1.78. The van der Waals surface area contributed by atoms with Gasteiger partial charge in [-0.05, 0) is 32.4 Å². The smallest absolute Gasteiger partial charge is 0.317 e. The van der Waals surface area contributed by atoms with E-state index in [4.69, 9.17) is 5.11 Å². The number of hydrogen-bond acceptors (Lipinski definition) is 4. The zero-order valence-electron chi connectivity index (χ0n) is 12.5. The van der Waals surface area contributed by atoms with Crippen molar-refractivity contribution in [3.8, 4) is 0 Å². The van der Waals surface area contributed by atoms with E-state index in [0.29, 0.717) is 6.54 Å². The summed E-state index contributed by atoms with van der Waals surface area (Å²) in [5.74, 6) is 0.0902. The average Bonchev–Trinajstić information content (AvgIpc) is 2.98. The van der Waals surface area contributed by atoms with Crippen LogP contribution in [0.25, 0.3) is 0 Å². The molecule has 0 aromatic heterocycles. The molecule has 2 fully saturated rings. The Morgan fingerprint density at radius 1 is 1.30 bits per heavy atom. The Morgan fingerprint density at radius 2 is 2.00 bits per heavy atom. The lowest BCUT2D eigenvalue weighted by atomic mass is 10.0. The minimum absolute atomic E-state index is 0.00234. The highest BCUT2D eigenvalue weighted by Gasteiger charge is 2.34. The predicted molar refractivity (Wildman–Crippen MR) is 77.7 cm³/mol. The number of aliphatic carboxylic acids is 1. The molecule has 1 heterocycles.